The summed E-state index contributed by atoms with van der Waals surface area (Å²) >= 11 is 0. The van der Waals surface area contributed by atoms with Gasteiger partial charge in [0.1, 0.15) is 11.4 Å². The molecule has 1 aromatic carbocycles. The van der Waals surface area contributed by atoms with Crippen molar-refractivity contribution in [1.82, 2.24) is 20.1 Å². The molecule has 11 heteroatoms. The molecule has 0 saturated carbocycles. The van der Waals surface area contributed by atoms with Crippen LogP contribution in [0.5, 0.6) is 5.75 Å². The summed E-state index contributed by atoms with van der Waals surface area (Å²) in [5, 5.41) is 12.7. The number of amides is 3. The third-order valence-corrected chi connectivity index (χ3v) is 8.45. The van der Waals surface area contributed by atoms with Crippen LogP contribution < -0.4 is 5.32 Å². The molecule has 2 saturated heterocycles. The highest BCUT2D eigenvalue weighted by Crippen LogP contribution is 2.28. The number of aromatic nitrogens is 1. The Morgan fingerprint density at radius 3 is 2.38 bits per heavy atom. The van der Waals surface area contributed by atoms with Gasteiger partial charge in [-0.2, -0.15) is 0 Å². The molecule has 0 radical (unpaired) electrons. The fourth-order valence-corrected chi connectivity index (χ4v) is 5.89. The number of methoxy groups -OCH3 is 1. The predicted octanol–water partition coefficient (Wildman–Crippen LogP) is 4.84. The Labute approximate surface area is 265 Å². The second kappa shape index (κ2) is 15.2. The number of phenolic OH excluding ortho intramolecular Hbond substituents is 1. The van der Waals surface area contributed by atoms with Crippen molar-refractivity contribution in [2.75, 3.05) is 33.3 Å². The summed E-state index contributed by atoms with van der Waals surface area (Å²) in [5.41, 5.74) is 1.74. The quantitative estimate of drug-likeness (QED) is 0.379. The molecule has 2 unspecified atom stereocenters. The zero-order chi connectivity index (χ0) is 32.6. The Balaban J connectivity index is 1.31. The van der Waals surface area contributed by atoms with Crippen LogP contribution in [-0.4, -0.2) is 82.7 Å². The average molecular weight is 623 g/mol. The van der Waals surface area contributed by atoms with Crippen LogP contribution in [0.1, 0.15) is 77.3 Å². The van der Waals surface area contributed by atoms with E-state index < -0.39 is 23.5 Å². The van der Waals surface area contributed by atoms with Crippen molar-refractivity contribution >= 4 is 23.9 Å². The van der Waals surface area contributed by atoms with E-state index in [-0.39, 0.29) is 30.1 Å². The number of ether oxygens (including phenoxy) is 2. The Hall–Kier alpha value is -4.15. The minimum Gasteiger partial charge on any atom is -0.508 e. The van der Waals surface area contributed by atoms with Crippen molar-refractivity contribution in [3.63, 3.8) is 0 Å². The van der Waals surface area contributed by atoms with Crippen molar-refractivity contribution in [2.24, 2.45) is 11.8 Å². The van der Waals surface area contributed by atoms with Gasteiger partial charge in [0.25, 0.3) is 0 Å². The lowest BCUT2D eigenvalue weighted by molar-refractivity contribution is -0.141. The Morgan fingerprint density at radius 1 is 1.00 bits per heavy atom. The van der Waals surface area contributed by atoms with Crippen molar-refractivity contribution in [3.05, 3.63) is 48.3 Å². The Morgan fingerprint density at radius 2 is 1.71 bits per heavy atom. The van der Waals surface area contributed by atoms with Crippen LogP contribution >= 0.6 is 0 Å². The van der Waals surface area contributed by atoms with Crippen LogP contribution in [0.25, 0.3) is 11.1 Å². The molecular formula is C34H46N4O7. The number of carbonyl (C=O) groups excluding carboxylic acids is 4. The van der Waals surface area contributed by atoms with Gasteiger partial charge in [-0.15, -0.1) is 0 Å². The van der Waals surface area contributed by atoms with E-state index in [0.717, 1.165) is 36.8 Å². The maximum atomic E-state index is 13.5. The highest BCUT2D eigenvalue weighted by molar-refractivity contribution is 5.82. The van der Waals surface area contributed by atoms with E-state index in [4.69, 9.17) is 9.47 Å². The largest absolute Gasteiger partial charge is 0.508 e. The predicted molar refractivity (Wildman–Crippen MR) is 168 cm³/mol. The number of rotatable bonds is 9. The van der Waals surface area contributed by atoms with Gasteiger partial charge in [0.15, 0.2) is 0 Å². The van der Waals surface area contributed by atoms with Gasteiger partial charge < -0.3 is 29.7 Å². The second-order valence-corrected chi connectivity index (χ2v) is 13.0. The number of esters is 1. The highest BCUT2D eigenvalue weighted by atomic mass is 16.6. The van der Waals surface area contributed by atoms with E-state index in [2.05, 4.69) is 10.3 Å². The summed E-state index contributed by atoms with van der Waals surface area (Å²) in [4.78, 5) is 59.2. The number of nitrogens with zero attached hydrogens (tertiary/aromatic N) is 3. The number of aromatic hydroxyl groups is 1. The van der Waals surface area contributed by atoms with Gasteiger partial charge in [-0.1, -0.05) is 12.1 Å². The molecule has 0 aliphatic carbocycles. The summed E-state index contributed by atoms with van der Waals surface area (Å²) in [6, 6.07) is 7.91. The first-order valence-corrected chi connectivity index (χ1v) is 15.8. The van der Waals surface area contributed by atoms with Gasteiger partial charge in [-0.3, -0.25) is 19.4 Å². The molecule has 45 heavy (non-hydrogen) atoms. The molecule has 0 spiro atoms. The average Bonchev–Trinajstić information content (AvgIpc) is 3.03. The third-order valence-electron chi connectivity index (χ3n) is 8.45. The molecule has 3 heterocycles. The molecule has 2 atom stereocenters. The molecule has 244 valence electrons. The first kappa shape index (κ1) is 33.7. The van der Waals surface area contributed by atoms with Crippen molar-refractivity contribution in [1.29, 1.82) is 0 Å². The van der Waals surface area contributed by atoms with Gasteiger partial charge in [0.05, 0.1) is 25.5 Å². The Bertz CT molecular complexity index is 1330. The SMILES string of the molecule is COC(=O)CC(NC(=O)C1CCCN(C(=O)CCC2CCN(C(=O)OC(C)(C)C)CC2)C1)c1cncc(-c2ccc(O)cc2)c1. The number of phenols is 1. The summed E-state index contributed by atoms with van der Waals surface area (Å²) in [6.45, 7) is 7.77. The number of pyridine rings is 1. The lowest BCUT2D eigenvalue weighted by Crippen LogP contribution is -2.46. The number of benzene rings is 1. The number of carbonyl (C=O) groups is 4. The van der Waals surface area contributed by atoms with E-state index >= 15 is 0 Å². The molecule has 2 aliphatic rings. The molecular weight excluding hydrogens is 576 g/mol. The van der Waals surface area contributed by atoms with Gasteiger partial charge in [0, 0.05) is 50.6 Å². The monoisotopic (exact) mass is 622 g/mol. The maximum Gasteiger partial charge on any atom is 0.410 e. The molecule has 4 rings (SSSR count). The lowest BCUT2D eigenvalue weighted by atomic mass is 9.91. The van der Waals surface area contributed by atoms with Crippen LogP contribution in [0.15, 0.2) is 42.7 Å². The summed E-state index contributed by atoms with van der Waals surface area (Å²) in [6.07, 6.45) is 7.15. The van der Waals surface area contributed by atoms with Gasteiger partial charge in [-0.05, 0) is 88.1 Å². The van der Waals surface area contributed by atoms with Gasteiger partial charge in [0.2, 0.25) is 11.8 Å². The second-order valence-electron chi connectivity index (χ2n) is 13.0. The van der Waals surface area contributed by atoms with Gasteiger partial charge in [-0.25, -0.2) is 4.79 Å². The minimum atomic E-state index is -0.660. The van der Waals surface area contributed by atoms with Crippen LogP contribution in [0.3, 0.4) is 0 Å². The van der Waals surface area contributed by atoms with Crippen LogP contribution in [0, 0.1) is 11.8 Å². The fraction of sp³-hybridized carbons (Fsp3) is 0.559. The van der Waals surface area contributed by atoms with E-state index in [9.17, 15) is 24.3 Å². The van der Waals surface area contributed by atoms with Gasteiger partial charge >= 0.3 is 12.1 Å². The summed E-state index contributed by atoms with van der Waals surface area (Å²) in [5.74, 6) is -0.522. The van der Waals surface area contributed by atoms with Crippen LogP contribution in [-0.2, 0) is 23.9 Å². The molecule has 1 aromatic heterocycles. The van der Waals surface area contributed by atoms with Crippen LogP contribution in [0.4, 0.5) is 4.79 Å². The molecule has 0 bridgehead atoms. The number of piperidine rings is 2. The van der Waals surface area contributed by atoms with E-state index in [1.54, 1.807) is 46.5 Å². The number of likely N-dealkylation sites (tertiary alicyclic amines) is 2. The zero-order valence-corrected chi connectivity index (χ0v) is 26.8. The zero-order valence-electron chi connectivity index (χ0n) is 26.8. The first-order valence-electron chi connectivity index (χ1n) is 15.8. The lowest BCUT2D eigenvalue weighted by Gasteiger charge is -2.35. The fourth-order valence-electron chi connectivity index (χ4n) is 5.89. The smallest absolute Gasteiger partial charge is 0.410 e. The molecule has 2 N–H and O–H groups in total. The highest BCUT2D eigenvalue weighted by Gasteiger charge is 2.32. The van der Waals surface area contributed by atoms with Crippen molar-refractivity contribution < 1.29 is 33.8 Å². The van der Waals surface area contributed by atoms with E-state index in [1.807, 2.05) is 26.8 Å². The minimum absolute atomic E-state index is 0.0407. The summed E-state index contributed by atoms with van der Waals surface area (Å²) < 4.78 is 10.4. The number of hydrogen-bond donors (Lipinski definition) is 2. The summed E-state index contributed by atoms with van der Waals surface area (Å²) in [7, 11) is 1.31. The molecule has 2 fully saturated rings. The maximum absolute atomic E-state index is 13.5. The Kier molecular flexibility index (Phi) is 11.4. The first-order chi connectivity index (χ1) is 21.4. The standard InChI is InChI=1S/C34H46N4O7/c1-34(2,3)45-33(43)37-16-13-23(14-17-37)7-12-30(40)38-15-5-6-25(22-38)32(42)36-29(19-31(41)44-4)27-18-26(20-35-21-27)24-8-10-28(39)11-9-24/h8-11,18,20-21,23,25,29,39H,5-7,12-17,19,22H2,1-4H3,(H,36,42). The van der Waals surface area contributed by atoms with Crippen LogP contribution in [0.2, 0.25) is 0 Å². The van der Waals surface area contributed by atoms with Crippen molar-refractivity contribution in [3.8, 4) is 16.9 Å². The molecule has 2 aromatic rings. The van der Waals surface area contributed by atoms with Crippen molar-refractivity contribution in [2.45, 2.75) is 77.4 Å². The number of hydrogen-bond acceptors (Lipinski definition) is 8. The third kappa shape index (κ3) is 9.92. The van der Waals surface area contributed by atoms with E-state index in [1.165, 1.54) is 7.11 Å². The molecule has 11 nitrogen and oxygen atoms in total. The number of nitrogens with one attached hydrogen (secondary N) is 1. The molecule has 3 amide bonds. The molecule has 2 aliphatic heterocycles. The van der Waals surface area contributed by atoms with E-state index in [0.29, 0.717) is 50.5 Å². The normalized spacial score (nSPS) is 18.2. The topological polar surface area (TPSA) is 138 Å².